The molecule has 0 unspecified atom stereocenters. The van der Waals surface area contributed by atoms with Crippen molar-refractivity contribution < 1.29 is 9.50 Å². The molecule has 5 nitrogen and oxygen atoms in total. The summed E-state index contributed by atoms with van der Waals surface area (Å²) < 4.78 is 7.84. The molecule has 1 aromatic carbocycles. The predicted octanol–water partition coefficient (Wildman–Crippen LogP) is 2.60. The molecular weight excluding hydrogens is 242 g/mol. The Hall–Kier alpha value is -2.17. The molecule has 1 aromatic heterocycles. The molecule has 0 N–H and O–H groups in total. The molecule has 100 valence electrons. The van der Waals surface area contributed by atoms with Crippen LogP contribution in [0.25, 0.3) is 0 Å². The van der Waals surface area contributed by atoms with Crippen LogP contribution in [0.1, 0.15) is 17.0 Å². The van der Waals surface area contributed by atoms with Crippen LogP contribution in [0, 0.1) is 18.8 Å². The Labute approximate surface area is 112 Å². The highest BCUT2D eigenvalue weighted by Crippen LogP contribution is 2.22. The molecule has 1 heterocycles. The highest BCUT2D eigenvalue weighted by Gasteiger charge is 2.22. The van der Waals surface area contributed by atoms with Gasteiger partial charge in [0.2, 0.25) is 0 Å². The van der Waals surface area contributed by atoms with Gasteiger partial charge in [0.1, 0.15) is 17.1 Å². The largest absolute Gasteiger partial charge is 0.497 e. The van der Waals surface area contributed by atoms with Crippen LogP contribution in [0.4, 0.5) is 5.69 Å². The fourth-order valence-corrected chi connectivity index (χ4v) is 2.20. The van der Waals surface area contributed by atoms with E-state index in [2.05, 4.69) is 5.10 Å². The maximum absolute atomic E-state index is 11.5. The summed E-state index contributed by atoms with van der Waals surface area (Å²) in [7, 11) is 3.14. The maximum Gasteiger partial charge on any atom is 0.298 e. The maximum atomic E-state index is 11.5. The second kappa shape index (κ2) is 5.22. The van der Waals surface area contributed by atoms with Gasteiger partial charge in [0.15, 0.2) is 7.05 Å². The van der Waals surface area contributed by atoms with Crippen molar-refractivity contribution in [1.29, 1.82) is 0 Å². The number of aryl methyl sites for hydroxylation is 1. The Morgan fingerprint density at radius 2 is 1.89 bits per heavy atom. The van der Waals surface area contributed by atoms with Gasteiger partial charge in [0, 0.05) is 9.67 Å². The van der Waals surface area contributed by atoms with Gasteiger partial charge in [0.25, 0.3) is 5.69 Å². The van der Waals surface area contributed by atoms with Crippen LogP contribution in [0.3, 0.4) is 0 Å². The number of aromatic nitrogens is 2. The summed E-state index contributed by atoms with van der Waals surface area (Å²) in [6, 6.07) is 7.83. The fourth-order valence-electron chi connectivity index (χ4n) is 2.20. The molecule has 0 atom stereocenters. The lowest BCUT2D eigenvalue weighted by Crippen LogP contribution is -2.04. The summed E-state index contributed by atoms with van der Waals surface area (Å²) >= 11 is 0. The summed E-state index contributed by atoms with van der Waals surface area (Å²) in [6.45, 7) is 4.40. The van der Waals surface area contributed by atoms with E-state index < -0.39 is 0 Å². The molecular formula is C14H18N3O2+. The number of rotatable bonds is 4. The standard InChI is InChI=1S/C14H18N3O2/c1-10-14(16(3)18)11(2)17(15-10)9-12-5-7-13(19-4)8-6-12/h5-8H,9H2,1-4H3/q+1. The summed E-state index contributed by atoms with van der Waals surface area (Å²) in [4.78, 5) is 11.5. The second-order valence-corrected chi connectivity index (χ2v) is 4.52. The van der Waals surface area contributed by atoms with Crippen LogP contribution in [0.15, 0.2) is 24.3 Å². The fraction of sp³-hybridized carbons (Fsp3) is 0.357. The van der Waals surface area contributed by atoms with E-state index in [4.69, 9.17) is 4.74 Å². The molecule has 0 aliphatic carbocycles. The first-order valence-corrected chi connectivity index (χ1v) is 6.10. The van der Waals surface area contributed by atoms with Crippen LogP contribution in [0.2, 0.25) is 0 Å². The molecule has 0 saturated heterocycles. The highest BCUT2D eigenvalue weighted by atomic mass is 16.5. The molecule has 0 aliphatic heterocycles. The van der Waals surface area contributed by atoms with E-state index >= 15 is 0 Å². The number of hydrogen-bond acceptors (Lipinski definition) is 3. The van der Waals surface area contributed by atoms with Crippen LogP contribution < -0.4 is 4.74 Å². The predicted molar refractivity (Wildman–Crippen MR) is 73.0 cm³/mol. The van der Waals surface area contributed by atoms with Crippen LogP contribution in [0.5, 0.6) is 5.75 Å². The van der Waals surface area contributed by atoms with Crippen molar-refractivity contribution in [2.45, 2.75) is 20.4 Å². The number of nitrogens with zero attached hydrogens (tertiary/aromatic N) is 3. The van der Waals surface area contributed by atoms with Crippen LogP contribution >= 0.6 is 0 Å². The zero-order valence-electron chi connectivity index (χ0n) is 11.7. The molecule has 0 bridgehead atoms. The minimum Gasteiger partial charge on any atom is -0.497 e. The lowest BCUT2D eigenvalue weighted by molar-refractivity contribution is -0.429. The van der Waals surface area contributed by atoms with E-state index in [9.17, 15) is 4.91 Å². The molecule has 2 aromatic rings. The lowest BCUT2D eigenvalue weighted by Gasteiger charge is -2.05. The summed E-state index contributed by atoms with van der Waals surface area (Å²) in [6.07, 6.45) is 0. The Kier molecular flexibility index (Phi) is 3.64. The third-order valence-electron chi connectivity index (χ3n) is 3.15. The van der Waals surface area contributed by atoms with E-state index in [-0.39, 0.29) is 0 Å². The zero-order chi connectivity index (χ0) is 14.0. The molecule has 2 rings (SSSR count). The molecule has 0 amide bonds. The first kappa shape index (κ1) is 13.3. The Balaban J connectivity index is 2.28. The summed E-state index contributed by atoms with van der Waals surface area (Å²) in [5, 5.41) is 4.41. The van der Waals surface area contributed by atoms with Crippen molar-refractivity contribution in [1.82, 2.24) is 9.78 Å². The first-order chi connectivity index (χ1) is 9.02. The smallest absolute Gasteiger partial charge is 0.298 e. The molecule has 0 radical (unpaired) electrons. The Morgan fingerprint density at radius 1 is 1.26 bits per heavy atom. The number of benzene rings is 1. The molecule has 0 aliphatic rings. The van der Waals surface area contributed by atoms with E-state index in [0.717, 1.165) is 27.5 Å². The number of methoxy groups -OCH3 is 1. The van der Waals surface area contributed by atoms with Gasteiger partial charge in [-0.05, 0) is 31.5 Å². The van der Waals surface area contributed by atoms with Gasteiger partial charge in [-0.1, -0.05) is 12.1 Å². The minimum absolute atomic E-state index is 0.643. The number of nitroso groups, excluding NO2 is 1. The van der Waals surface area contributed by atoms with E-state index in [1.165, 1.54) is 7.05 Å². The van der Waals surface area contributed by atoms with Crippen molar-refractivity contribution in [3.05, 3.63) is 46.1 Å². The Bertz CT molecular complexity index is 600. The van der Waals surface area contributed by atoms with Gasteiger partial charge in [-0.2, -0.15) is 5.10 Å². The molecule has 5 heteroatoms. The van der Waals surface area contributed by atoms with Crippen LogP contribution in [-0.4, -0.2) is 28.7 Å². The van der Waals surface area contributed by atoms with Crippen LogP contribution in [-0.2, 0) is 6.54 Å². The molecule has 0 fully saturated rings. The van der Waals surface area contributed by atoms with Gasteiger partial charge in [-0.15, -0.1) is 0 Å². The normalized spacial score (nSPS) is 10.5. The number of ether oxygens (including phenoxy) is 1. The quantitative estimate of drug-likeness (QED) is 0.794. The highest BCUT2D eigenvalue weighted by molar-refractivity contribution is 5.39. The van der Waals surface area contributed by atoms with Crippen molar-refractivity contribution in [2.75, 3.05) is 14.2 Å². The molecule has 19 heavy (non-hydrogen) atoms. The average Bonchev–Trinajstić information content (AvgIpc) is 2.65. The monoisotopic (exact) mass is 260 g/mol. The third-order valence-corrected chi connectivity index (χ3v) is 3.15. The van der Waals surface area contributed by atoms with Crippen molar-refractivity contribution in [3.63, 3.8) is 0 Å². The summed E-state index contributed by atoms with van der Waals surface area (Å²) in [5.41, 5.74) is 3.40. The molecule has 0 spiro atoms. The van der Waals surface area contributed by atoms with E-state index in [1.54, 1.807) is 7.11 Å². The third kappa shape index (κ3) is 2.65. The van der Waals surface area contributed by atoms with Gasteiger partial charge in [0.05, 0.1) is 13.7 Å². The zero-order valence-corrected chi connectivity index (χ0v) is 11.7. The SMILES string of the molecule is COc1ccc(Cn2nc(C)c([N+](C)=O)c2C)cc1. The average molecular weight is 260 g/mol. The van der Waals surface area contributed by atoms with Gasteiger partial charge < -0.3 is 4.74 Å². The first-order valence-electron chi connectivity index (χ1n) is 6.10. The summed E-state index contributed by atoms with van der Waals surface area (Å²) in [5.74, 6) is 0.831. The van der Waals surface area contributed by atoms with Crippen molar-refractivity contribution >= 4 is 5.69 Å². The van der Waals surface area contributed by atoms with E-state index in [1.807, 2.05) is 42.8 Å². The van der Waals surface area contributed by atoms with Crippen molar-refractivity contribution in [2.24, 2.45) is 0 Å². The lowest BCUT2D eigenvalue weighted by atomic mass is 10.2. The van der Waals surface area contributed by atoms with E-state index in [0.29, 0.717) is 12.2 Å². The second-order valence-electron chi connectivity index (χ2n) is 4.52. The van der Waals surface area contributed by atoms with Gasteiger partial charge in [-0.3, -0.25) is 4.68 Å². The van der Waals surface area contributed by atoms with Crippen molar-refractivity contribution in [3.8, 4) is 5.75 Å². The van der Waals surface area contributed by atoms with Gasteiger partial charge >= 0.3 is 0 Å². The van der Waals surface area contributed by atoms with Gasteiger partial charge in [-0.25, -0.2) is 0 Å². The minimum atomic E-state index is 0.643. The topological polar surface area (TPSA) is 47.1 Å². The Morgan fingerprint density at radius 3 is 2.37 bits per heavy atom. The molecule has 0 saturated carbocycles. The number of hydrogen-bond donors (Lipinski definition) is 0.